The molecule has 80 valence electrons. The molecule has 0 aliphatic heterocycles. The molecule has 6 heteroatoms. The van der Waals surface area contributed by atoms with Crippen LogP contribution < -0.4 is 10.5 Å². The minimum atomic E-state index is -0.536. The fourth-order valence-electron chi connectivity index (χ4n) is 1.04. The van der Waals surface area contributed by atoms with E-state index in [0.717, 1.165) is 0 Å². The molecule has 1 aromatic rings. The Hall–Kier alpha value is -1.95. The normalized spacial score (nSPS) is 10.5. The quantitative estimate of drug-likeness (QED) is 0.589. The van der Waals surface area contributed by atoms with Crippen LogP contribution in [-0.2, 0) is 0 Å². The SMILES string of the molecule is COc1ncc(C=CCN)cc1[N+](=O)[O-]. The average Bonchev–Trinajstić information content (AvgIpc) is 2.25. The minimum Gasteiger partial charge on any atom is -0.476 e. The van der Waals surface area contributed by atoms with Crippen LogP contribution in [0.5, 0.6) is 5.88 Å². The van der Waals surface area contributed by atoms with Crippen LogP contribution in [0.1, 0.15) is 5.56 Å². The third-order valence-corrected chi connectivity index (χ3v) is 1.69. The molecule has 1 aromatic heterocycles. The summed E-state index contributed by atoms with van der Waals surface area (Å²) in [6.45, 7) is 0.375. The molecule has 1 heterocycles. The fourth-order valence-corrected chi connectivity index (χ4v) is 1.04. The summed E-state index contributed by atoms with van der Waals surface area (Å²) >= 11 is 0. The molecule has 15 heavy (non-hydrogen) atoms. The van der Waals surface area contributed by atoms with Crippen LogP contribution in [0.3, 0.4) is 0 Å². The first-order valence-electron chi connectivity index (χ1n) is 4.24. The van der Waals surface area contributed by atoms with Gasteiger partial charge in [0, 0.05) is 18.8 Å². The number of aromatic nitrogens is 1. The number of methoxy groups -OCH3 is 1. The highest BCUT2D eigenvalue weighted by molar-refractivity contribution is 5.55. The fraction of sp³-hybridized carbons (Fsp3) is 0.222. The van der Waals surface area contributed by atoms with Gasteiger partial charge >= 0.3 is 5.69 Å². The Morgan fingerprint density at radius 1 is 1.73 bits per heavy atom. The second-order valence-electron chi connectivity index (χ2n) is 2.69. The Labute approximate surface area is 86.5 Å². The van der Waals surface area contributed by atoms with Crippen LogP contribution in [-0.4, -0.2) is 23.6 Å². The van der Waals surface area contributed by atoms with Crippen molar-refractivity contribution in [2.45, 2.75) is 0 Å². The van der Waals surface area contributed by atoms with Crippen molar-refractivity contribution in [1.29, 1.82) is 0 Å². The summed E-state index contributed by atoms with van der Waals surface area (Å²) in [7, 11) is 1.34. The van der Waals surface area contributed by atoms with E-state index in [4.69, 9.17) is 10.5 Å². The highest BCUT2D eigenvalue weighted by Gasteiger charge is 2.15. The molecule has 0 aromatic carbocycles. The van der Waals surface area contributed by atoms with Gasteiger partial charge in [-0.1, -0.05) is 12.2 Å². The number of nitro groups is 1. The van der Waals surface area contributed by atoms with Crippen LogP contribution in [0.15, 0.2) is 18.3 Å². The Morgan fingerprint density at radius 3 is 3.00 bits per heavy atom. The van der Waals surface area contributed by atoms with Gasteiger partial charge in [0.05, 0.1) is 12.0 Å². The van der Waals surface area contributed by atoms with E-state index in [0.29, 0.717) is 12.1 Å². The van der Waals surface area contributed by atoms with E-state index in [1.165, 1.54) is 19.4 Å². The summed E-state index contributed by atoms with van der Waals surface area (Å²) in [5, 5.41) is 10.6. The molecule has 0 aliphatic rings. The lowest BCUT2D eigenvalue weighted by molar-refractivity contribution is -0.386. The topological polar surface area (TPSA) is 91.3 Å². The lowest BCUT2D eigenvalue weighted by Gasteiger charge is -2.00. The highest BCUT2D eigenvalue weighted by Crippen LogP contribution is 2.24. The second kappa shape index (κ2) is 5.06. The highest BCUT2D eigenvalue weighted by atomic mass is 16.6. The van der Waals surface area contributed by atoms with Crippen LogP contribution in [0, 0.1) is 10.1 Å². The monoisotopic (exact) mass is 209 g/mol. The minimum absolute atomic E-state index is 0.00454. The predicted molar refractivity (Wildman–Crippen MR) is 55.5 cm³/mol. The maximum absolute atomic E-state index is 10.6. The van der Waals surface area contributed by atoms with Gasteiger partial charge in [-0.3, -0.25) is 10.1 Å². The number of hydrogen-bond donors (Lipinski definition) is 1. The lowest BCUT2D eigenvalue weighted by atomic mass is 10.2. The summed E-state index contributed by atoms with van der Waals surface area (Å²) in [6.07, 6.45) is 4.84. The molecule has 0 amide bonds. The van der Waals surface area contributed by atoms with Gasteiger partial charge in [-0.25, -0.2) is 4.98 Å². The van der Waals surface area contributed by atoms with Crippen LogP contribution in [0.25, 0.3) is 6.08 Å². The van der Waals surface area contributed by atoms with E-state index in [9.17, 15) is 10.1 Å². The lowest BCUT2D eigenvalue weighted by Crippen LogP contribution is -1.97. The van der Waals surface area contributed by atoms with Gasteiger partial charge in [0.2, 0.25) is 0 Å². The zero-order chi connectivity index (χ0) is 11.3. The number of hydrogen-bond acceptors (Lipinski definition) is 5. The van der Waals surface area contributed by atoms with Gasteiger partial charge in [0.15, 0.2) is 0 Å². The van der Waals surface area contributed by atoms with Gasteiger partial charge < -0.3 is 10.5 Å². The summed E-state index contributed by atoms with van der Waals surface area (Å²) in [5.74, 6) is 0.00454. The molecule has 2 N–H and O–H groups in total. The summed E-state index contributed by atoms with van der Waals surface area (Å²) in [6, 6.07) is 1.39. The van der Waals surface area contributed by atoms with Crippen molar-refractivity contribution in [2.75, 3.05) is 13.7 Å². The molecule has 0 unspecified atom stereocenters. The van der Waals surface area contributed by atoms with E-state index < -0.39 is 4.92 Å². The van der Waals surface area contributed by atoms with Crippen molar-refractivity contribution < 1.29 is 9.66 Å². The van der Waals surface area contributed by atoms with Crippen molar-refractivity contribution in [3.05, 3.63) is 34.0 Å². The van der Waals surface area contributed by atoms with Crippen LogP contribution in [0.4, 0.5) is 5.69 Å². The Kier molecular flexibility index (Phi) is 3.75. The number of rotatable bonds is 4. The van der Waals surface area contributed by atoms with Gasteiger partial charge in [-0.15, -0.1) is 0 Å². The Balaban J connectivity index is 3.10. The number of pyridine rings is 1. The predicted octanol–water partition coefficient (Wildman–Crippen LogP) is 0.970. The Morgan fingerprint density at radius 2 is 2.47 bits per heavy atom. The second-order valence-corrected chi connectivity index (χ2v) is 2.69. The number of nitrogens with two attached hydrogens (primary N) is 1. The molecule has 0 fully saturated rings. The van der Waals surface area contributed by atoms with Crippen molar-refractivity contribution in [3.8, 4) is 5.88 Å². The summed E-state index contributed by atoms with van der Waals surface area (Å²) in [5.41, 5.74) is 5.73. The summed E-state index contributed by atoms with van der Waals surface area (Å²) < 4.78 is 4.76. The van der Waals surface area contributed by atoms with E-state index in [2.05, 4.69) is 4.98 Å². The van der Waals surface area contributed by atoms with Crippen molar-refractivity contribution in [1.82, 2.24) is 4.98 Å². The van der Waals surface area contributed by atoms with Gasteiger partial charge in [0.1, 0.15) is 0 Å². The molecule has 0 saturated carbocycles. The van der Waals surface area contributed by atoms with Gasteiger partial charge in [-0.05, 0) is 5.56 Å². The van der Waals surface area contributed by atoms with Crippen molar-refractivity contribution in [2.24, 2.45) is 5.73 Å². The zero-order valence-electron chi connectivity index (χ0n) is 8.21. The smallest absolute Gasteiger partial charge is 0.331 e. The number of ether oxygens (including phenoxy) is 1. The first-order valence-corrected chi connectivity index (χ1v) is 4.24. The standard InChI is InChI=1S/C9H11N3O3/c1-15-9-8(12(13)14)5-7(6-11-9)3-2-4-10/h2-3,5-6H,4,10H2,1H3. The average molecular weight is 209 g/mol. The van der Waals surface area contributed by atoms with Crippen molar-refractivity contribution >= 4 is 11.8 Å². The van der Waals surface area contributed by atoms with Crippen LogP contribution >= 0.6 is 0 Å². The molecular formula is C9H11N3O3. The molecule has 6 nitrogen and oxygen atoms in total. The van der Waals surface area contributed by atoms with E-state index in [-0.39, 0.29) is 11.6 Å². The largest absolute Gasteiger partial charge is 0.476 e. The molecule has 0 radical (unpaired) electrons. The third-order valence-electron chi connectivity index (χ3n) is 1.69. The number of nitrogens with zero attached hydrogens (tertiary/aromatic N) is 2. The first-order chi connectivity index (χ1) is 7.19. The van der Waals surface area contributed by atoms with Crippen molar-refractivity contribution in [3.63, 3.8) is 0 Å². The van der Waals surface area contributed by atoms with E-state index in [1.807, 2.05) is 0 Å². The summed E-state index contributed by atoms with van der Waals surface area (Å²) in [4.78, 5) is 13.9. The van der Waals surface area contributed by atoms with E-state index in [1.54, 1.807) is 12.2 Å². The molecule has 0 atom stereocenters. The maximum Gasteiger partial charge on any atom is 0.331 e. The van der Waals surface area contributed by atoms with Gasteiger partial charge in [0.25, 0.3) is 5.88 Å². The third kappa shape index (κ3) is 2.75. The van der Waals surface area contributed by atoms with Crippen LogP contribution in [0.2, 0.25) is 0 Å². The molecule has 0 aliphatic carbocycles. The molecule has 0 bridgehead atoms. The molecule has 0 spiro atoms. The zero-order valence-corrected chi connectivity index (χ0v) is 8.21. The first kappa shape index (κ1) is 11.1. The molecule has 1 rings (SSSR count). The van der Waals surface area contributed by atoms with E-state index >= 15 is 0 Å². The molecular weight excluding hydrogens is 198 g/mol. The maximum atomic E-state index is 10.6. The molecule has 0 saturated heterocycles. The Bertz CT molecular complexity index is 390. The van der Waals surface area contributed by atoms with Gasteiger partial charge in [-0.2, -0.15) is 0 Å².